The van der Waals surface area contributed by atoms with Crippen LogP contribution in [0.1, 0.15) is 36.8 Å². The summed E-state index contributed by atoms with van der Waals surface area (Å²) in [4.78, 5) is 25.7. The van der Waals surface area contributed by atoms with Crippen LogP contribution in [-0.4, -0.2) is 73.7 Å². The van der Waals surface area contributed by atoms with E-state index in [1.807, 2.05) is 31.2 Å². The topological polar surface area (TPSA) is 123 Å². The third-order valence-corrected chi connectivity index (χ3v) is 6.93. The number of methoxy groups -OCH3 is 2. The van der Waals surface area contributed by atoms with Crippen molar-refractivity contribution in [1.29, 1.82) is 0 Å². The highest BCUT2D eigenvalue weighted by Gasteiger charge is 2.33. The molecule has 11 heteroatoms. The van der Waals surface area contributed by atoms with E-state index in [0.29, 0.717) is 48.6 Å². The number of primary amides is 1. The van der Waals surface area contributed by atoms with Crippen molar-refractivity contribution in [3.63, 3.8) is 0 Å². The van der Waals surface area contributed by atoms with Gasteiger partial charge in [0.05, 0.1) is 26.9 Å². The average Bonchev–Trinajstić information content (AvgIpc) is 2.92. The van der Waals surface area contributed by atoms with Crippen LogP contribution < -0.4 is 15.8 Å². The lowest BCUT2D eigenvalue weighted by molar-refractivity contribution is -0.176. The molecule has 0 spiro atoms. The summed E-state index contributed by atoms with van der Waals surface area (Å²) in [6.45, 7) is 3.59. The van der Waals surface area contributed by atoms with E-state index in [1.165, 1.54) is 0 Å². The SMILES string of the molecule is COCCOCCNC(=S)[C@H](Cc1ccc(OC)cc1)N(O)C(=O)C(CC(N)=O)C[C@@H](C)c1ccc(Cl)cc1. The Bertz CT molecular complexity index is 1050. The fourth-order valence-electron chi connectivity index (χ4n) is 4.09. The number of nitrogens with zero attached hydrogens (tertiary/aromatic N) is 1. The molecule has 2 aromatic carbocycles. The van der Waals surface area contributed by atoms with Crippen LogP contribution in [0.4, 0.5) is 0 Å². The first-order chi connectivity index (χ1) is 18.7. The number of benzene rings is 2. The predicted octanol–water partition coefficient (Wildman–Crippen LogP) is 3.74. The second-order valence-electron chi connectivity index (χ2n) is 9.20. The van der Waals surface area contributed by atoms with Crippen LogP contribution in [0, 0.1) is 5.92 Å². The highest BCUT2D eigenvalue weighted by atomic mass is 35.5. The van der Waals surface area contributed by atoms with Crippen molar-refractivity contribution < 1.29 is 29.0 Å². The Morgan fingerprint density at radius 2 is 1.74 bits per heavy atom. The van der Waals surface area contributed by atoms with Gasteiger partial charge in [0.1, 0.15) is 16.8 Å². The van der Waals surface area contributed by atoms with Gasteiger partial charge in [-0.05, 0) is 47.7 Å². The van der Waals surface area contributed by atoms with E-state index in [1.54, 1.807) is 38.5 Å². The number of nitrogens with two attached hydrogens (primary N) is 1. The largest absolute Gasteiger partial charge is 0.497 e. The number of hydrogen-bond donors (Lipinski definition) is 3. The molecule has 0 saturated carbocycles. The summed E-state index contributed by atoms with van der Waals surface area (Å²) in [5, 5.41) is 15.5. The molecular formula is C28H38ClN3O6S. The molecular weight excluding hydrogens is 542 g/mol. The lowest BCUT2D eigenvalue weighted by atomic mass is 9.87. The Balaban J connectivity index is 2.21. The number of halogens is 1. The first-order valence-corrected chi connectivity index (χ1v) is 13.5. The summed E-state index contributed by atoms with van der Waals surface area (Å²) in [5.41, 5.74) is 7.26. The van der Waals surface area contributed by atoms with E-state index in [-0.39, 0.29) is 23.7 Å². The maximum atomic E-state index is 13.6. The molecule has 0 aliphatic carbocycles. The molecule has 2 aromatic rings. The number of thiocarbonyl (C=S) groups is 1. The van der Waals surface area contributed by atoms with Crippen LogP contribution in [0.3, 0.4) is 0 Å². The summed E-state index contributed by atoms with van der Waals surface area (Å²) in [7, 11) is 3.17. The van der Waals surface area contributed by atoms with Gasteiger partial charge in [-0.15, -0.1) is 0 Å². The maximum Gasteiger partial charge on any atom is 0.250 e. The molecule has 2 amide bonds. The Kier molecular flexibility index (Phi) is 14.2. The van der Waals surface area contributed by atoms with Gasteiger partial charge in [0, 0.05) is 37.4 Å². The van der Waals surface area contributed by atoms with E-state index in [0.717, 1.165) is 11.1 Å². The highest BCUT2D eigenvalue weighted by Crippen LogP contribution is 2.28. The van der Waals surface area contributed by atoms with Crippen molar-refractivity contribution in [2.75, 3.05) is 40.6 Å². The molecule has 39 heavy (non-hydrogen) atoms. The third kappa shape index (κ3) is 11.1. The number of carbonyl (C=O) groups is 2. The number of hydrogen-bond acceptors (Lipinski definition) is 7. The first kappa shape index (κ1) is 32.5. The lowest BCUT2D eigenvalue weighted by Gasteiger charge is -2.31. The van der Waals surface area contributed by atoms with Crippen molar-refractivity contribution in [2.24, 2.45) is 11.7 Å². The molecule has 0 aliphatic rings. The summed E-state index contributed by atoms with van der Waals surface area (Å²) in [5.74, 6) is -1.53. The summed E-state index contributed by atoms with van der Waals surface area (Å²) >= 11 is 11.6. The van der Waals surface area contributed by atoms with Crippen LogP contribution in [0.15, 0.2) is 48.5 Å². The molecule has 1 unspecified atom stereocenters. The zero-order valence-electron chi connectivity index (χ0n) is 22.6. The van der Waals surface area contributed by atoms with Crippen molar-refractivity contribution in [2.45, 2.75) is 38.1 Å². The number of rotatable bonds is 17. The van der Waals surface area contributed by atoms with Crippen LogP contribution >= 0.6 is 23.8 Å². The van der Waals surface area contributed by atoms with Gasteiger partial charge in [0.2, 0.25) is 11.8 Å². The zero-order valence-corrected chi connectivity index (χ0v) is 24.2. The minimum absolute atomic E-state index is 0.0988. The molecule has 0 fully saturated rings. The average molecular weight is 580 g/mol. The monoisotopic (exact) mass is 579 g/mol. The molecule has 0 radical (unpaired) electrons. The van der Waals surface area contributed by atoms with E-state index in [9.17, 15) is 14.8 Å². The summed E-state index contributed by atoms with van der Waals surface area (Å²) in [6, 6.07) is 13.6. The Morgan fingerprint density at radius 1 is 1.08 bits per heavy atom. The summed E-state index contributed by atoms with van der Waals surface area (Å²) < 4.78 is 15.7. The predicted molar refractivity (Wildman–Crippen MR) is 154 cm³/mol. The normalized spacial score (nSPS) is 13.3. The summed E-state index contributed by atoms with van der Waals surface area (Å²) in [6.07, 6.45) is 0.318. The first-order valence-electron chi connectivity index (χ1n) is 12.7. The number of amides is 2. The molecule has 0 bridgehead atoms. The van der Waals surface area contributed by atoms with E-state index >= 15 is 0 Å². The van der Waals surface area contributed by atoms with E-state index < -0.39 is 23.8 Å². The zero-order chi connectivity index (χ0) is 28.8. The Labute approximate surface area is 240 Å². The molecule has 0 aromatic heterocycles. The van der Waals surface area contributed by atoms with Gasteiger partial charge in [0.15, 0.2) is 0 Å². The van der Waals surface area contributed by atoms with E-state index in [2.05, 4.69) is 5.32 Å². The molecule has 214 valence electrons. The fraction of sp³-hybridized carbons (Fsp3) is 0.464. The minimum atomic E-state index is -0.888. The second-order valence-corrected chi connectivity index (χ2v) is 10.1. The van der Waals surface area contributed by atoms with E-state index in [4.69, 9.17) is 43.8 Å². The van der Waals surface area contributed by atoms with Crippen LogP contribution in [0.5, 0.6) is 5.75 Å². The molecule has 9 nitrogen and oxygen atoms in total. The molecule has 0 heterocycles. The minimum Gasteiger partial charge on any atom is -0.497 e. The molecule has 2 rings (SSSR count). The van der Waals surface area contributed by atoms with Crippen LogP contribution in [0.25, 0.3) is 0 Å². The maximum absolute atomic E-state index is 13.6. The van der Waals surface area contributed by atoms with Gasteiger partial charge < -0.3 is 25.3 Å². The highest BCUT2D eigenvalue weighted by molar-refractivity contribution is 7.80. The third-order valence-electron chi connectivity index (χ3n) is 6.26. The molecule has 4 N–H and O–H groups in total. The van der Waals surface area contributed by atoms with Crippen molar-refractivity contribution in [3.05, 3.63) is 64.7 Å². The lowest BCUT2D eigenvalue weighted by Crippen LogP contribution is -2.51. The number of hydroxylamine groups is 2. The van der Waals surface area contributed by atoms with Gasteiger partial charge in [-0.3, -0.25) is 14.8 Å². The standard InChI is InChI=1S/C28H38ClN3O6S/c1-19(21-6-8-23(29)9-7-21)16-22(18-26(30)33)28(34)32(35)25(17-20-4-10-24(37-3)11-5-20)27(39)31-12-13-38-15-14-36-2/h4-11,19,22,25,35H,12-18H2,1-3H3,(H2,30,33)(H,31,39)/t19-,22?,25+/m1/s1. The fourth-order valence-corrected chi connectivity index (χ4v) is 4.50. The van der Waals surface area contributed by atoms with Gasteiger partial charge >= 0.3 is 0 Å². The number of nitrogens with one attached hydrogen (secondary N) is 1. The molecule has 0 aliphatic heterocycles. The molecule has 0 saturated heterocycles. The second kappa shape index (κ2) is 17.0. The molecule has 3 atom stereocenters. The van der Waals surface area contributed by atoms with Crippen molar-refractivity contribution in [3.8, 4) is 5.75 Å². The smallest absolute Gasteiger partial charge is 0.250 e. The quantitative estimate of drug-likeness (QED) is 0.112. The number of ether oxygens (including phenoxy) is 3. The van der Waals surface area contributed by atoms with Crippen LogP contribution in [0.2, 0.25) is 5.02 Å². The van der Waals surface area contributed by atoms with Crippen molar-refractivity contribution in [1.82, 2.24) is 10.4 Å². The Hall–Kier alpha value is -2.76. The van der Waals surface area contributed by atoms with Crippen LogP contribution in [-0.2, 0) is 25.5 Å². The van der Waals surface area contributed by atoms with Gasteiger partial charge in [-0.1, -0.05) is 55.0 Å². The number of carbonyl (C=O) groups excluding carboxylic acids is 2. The van der Waals surface area contributed by atoms with Gasteiger partial charge in [0.25, 0.3) is 0 Å². The van der Waals surface area contributed by atoms with Crippen molar-refractivity contribution >= 4 is 40.6 Å². The Morgan fingerprint density at radius 3 is 2.33 bits per heavy atom. The van der Waals surface area contributed by atoms with Gasteiger partial charge in [-0.2, -0.15) is 0 Å². The van der Waals surface area contributed by atoms with Gasteiger partial charge in [-0.25, -0.2) is 5.06 Å².